The van der Waals surface area contributed by atoms with Crippen molar-refractivity contribution in [1.82, 2.24) is 0 Å². The maximum absolute atomic E-state index is 11.9. The second-order valence-electron chi connectivity index (χ2n) is 6.85. The van der Waals surface area contributed by atoms with Crippen molar-refractivity contribution in [3.8, 4) is 0 Å². The normalized spacial score (nSPS) is 31.6. The molecule has 2 rings (SSSR count). The van der Waals surface area contributed by atoms with E-state index in [-0.39, 0.29) is 11.6 Å². The van der Waals surface area contributed by atoms with Crippen molar-refractivity contribution in [2.75, 3.05) is 0 Å². The summed E-state index contributed by atoms with van der Waals surface area (Å²) in [5, 5.41) is 0. The Hall–Kier alpha value is -1.72. The Morgan fingerprint density at radius 3 is 1.57 bits per heavy atom. The van der Waals surface area contributed by atoms with Gasteiger partial charge in [0.1, 0.15) is 6.42 Å². The molecule has 2 atom stereocenters. The van der Waals surface area contributed by atoms with Crippen molar-refractivity contribution < 1.29 is 28.7 Å². The van der Waals surface area contributed by atoms with Crippen molar-refractivity contribution in [2.45, 2.75) is 82.8 Å². The number of ether oxygens (including phenoxy) is 2. The molecule has 0 amide bonds. The Kier molecular flexibility index (Phi) is 5.22. The SMILES string of the molecule is CC1(OC(=O)CC(=O)OC2(C)CCCCC2=O)CCCCC1=O. The Morgan fingerprint density at radius 2 is 1.22 bits per heavy atom. The van der Waals surface area contributed by atoms with Crippen LogP contribution >= 0.6 is 0 Å². The van der Waals surface area contributed by atoms with E-state index < -0.39 is 29.6 Å². The van der Waals surface area contributed by atoms with Crippen molar-refractivity contribution in [1.29, 1.82) is 0 Å². The molecule has 0 aromatic heterocycles. The van der Waals surface area contributed by atoms with E-state index in [0.717, 1.165) is 25.7 Å². The van der Waals surface area contributed by atoms with Crippen molar-refractivity contribution in [2.24, 2.45) is 0 Å². The molecular weight excluding hydrogens is 300 g/mol. The first-order valence-corrected chi connectivity index (χ1v) is 8.25. The summed E-state index contributed by atoms with van der Waals surface area (Å²) in [6.45, 7) is 3.17. The lowest BCUT2D eigenvalue weighted by atomic mass is 9.85. The Balaban J connectivity index is 1.88. The number of Topliss-reactive ketones (excluding diaryl/α,β-unsaturated/α-hetero) is 2. The Bertz CT molecular complexity index is 479. The second kappa shape index (κ2) is 6.81. The van der Waals surface area contributed by atoms with Crippen LogP contribution in [0.1, 0.15) is 71.6 Å². The zero-order valence-electron chi connectivity index (χ0n) is 13.8. The van der Waals surface area contributed by atoms with Gasteiger partial charge in [0, 0.05) is 12.8 Å². The number of hydrogen-bond donors (Lipinski definition) is 0. The fraction of sp³-hybridized carbons (Fsp3) is 0.765. The van der Waals surface area contributed by atoms with E-state index in [2.05, 4.69) is 0 Å². The van der Waals surface area contributed by atoms with E-state index in [4.69, 9.17) is 9.47 Å². The van der Waals surface area contributed by atoms with Gasteiger partial charge in [0.2, 0.25) is 0 Å². The number of ketones is 2. The number of carbonyl (C=O) groups is 4. The van der Waals surface area contributed by atoms with E-state index in [0.29, 0.717) is 25.7 Å². The summed E-state index contributed by atoms with van der Waals surface area (Å²) in [5.41, 5.74) is -2.28. The molecule has 2 saturated carbocycles. The molecule has 0 aromatic carbocycles. The summed E-state index contributed by atoms with van der Waals surface area (Å²) in [6, 6.07) is 0. The van der Waals surface area contributed by atoms with Gasteiger partial charge in [-0.2, -0.15) is 0 Å². The molecule has 0 N–H and O–H groups in total. The van der Waals surface area contributed by atoms with Crippen LogP contribution in [0, 0.1) is 0 Å². The minimum Gasteiger partial charge on any atom is -0.451 e. The zero-order valence-corrected chi connectivity index (χ0v) is 13.8. The maximum Gasteiger partial charge on any atom is 0.318 e. The quantitative estimate of drug-likeness (QED) is 0.582. The first kappa shape index (κ1) is 17.6. The van der Waals surface area contributed by atoms with Gasteiger partial charge in [0.15, 0.2) is 22.8 Å². The number of hydrogen-bond acceptors (Lipinski definition) is 6. The van der Waals surface area contributed by atoms with Crippen LogP contribution in [-0.4, -0.2) is 34.7 Å². The van der Waals surface area contributed by atoms with E-state index in [1.54, 1.807) is 13.8 Å². The summed E-state index contributed by atoms with van der Waals surface area (Å²) >= 11 is 0. The monoisotopic (exact) mass is 324 g/mol. The highest BCUT2D eigenvalue weighted by molar-refractivity contribution is 5.96. The van der Waals surface area contributed by atoms with Gasteiger partial charge in [-0.05, 0) is 52.4 Å². The van der Waals surface area contributed by atoms with Crippen LogP contribution in [0.5, 0.6) is 0 Å². The van der Waals surface area contributed by atoms with Crippen LogP contribution in [0.4, 0.5) is 0 Å². The van der Waals surface area contributed by atoms with Crippen molar-refractivity contribution in [3.05, 3.63) is 0 Å². The molecular formula is C17H24O6. The highest BCUT2D eigenvalue weighted by atomic mass is 16.6. The Morgan fingerprint density at radius 1 is 0.826 bits per heavy atom. The van der Waals surface area contributed by atoms with Crippen LogP contribution in [0.25, 0.3) is 0 Å². The minimum atomic E-state index is -1.14. The average Bonchev–Trinajstić information content (AvgIpc) is 2.45. The van der Waals surface area contributed by atoms with Gasteiger partial charge in [-0.15, -0.1) is 0 Å². The molecule has 2 unspecified atom stereocenters. The molecule has 0 heterocycles. The summed E-state index contributed by atoms with van der Waals surface area (Å²) in [6.07, 6.45) is 4.38. The number of carbonyl (C=O) groups excluding carboxylic acids is 4. The van der Waals surface area contributed by atoms with Gasteiger partial charge in [0.25, 0.3) is 0 Å². The number of esters is 2. The van der Waals surface area contributed by atoms with Crippen LogP contribution < -0.4 is 0 Å². The number of rotatable bonds is 4. The molecule has 2 fully saturated rings. The molecule has 0 radical (unpaired) electrons. The van der Waals surface area contributed by atoms with Gasteiger partial charge < -0.3 is 9.47 Å². The van der Waals surface area contributed by atoms with Gasteiger partial charge >= 0.3 is 11.9 Å². The molecule has 0 bridgehead atoms. The highest BCUT2D eigenvalue weighted by Crippen LogP contribution is 2.30. The van der Waals surface area contributed by atoms with Gasteiger partial charge in [0.05, 0.1) is 0 Å². The lowest BCUT2D eigenvalue weighted by Crippen LogP contribution is -2.44. The molecule has 2 aliphatic rings. The first-order chi connectivity index (χ1) is 10.8. The van der Waals surface area contributed by atoms with E-state index >= 15 is 0 Å². The molecule has 23 heavy (non-hydrogen) atoms. The molecule has 6 heteroatoms. The topological polar surface area (TPSA) is 86.7 Å². The van der Waals surface area contributed by atoms with E-state index in [1.165, 1.54) is 0 Å². The van der Waals surface area contributed by atoms with Crippen LogP contribution in [0.15, 0.2) is 0 Å². The Labute approximate surface area is 135 Å². The molecule has 2 aliphatic carbocycles. The van der Waals surface area contributed by atoms with Gasteiger partial charge in [-0.3, -0.25) is 19.2 Å². The molecule has 0 aliphatic heterocycles. The summed E-state index contributed by atoms with van der Waals surface area (Å²) < 4.78 is 10.5. The van der Waals surface area contributed by atoms with Crippen molar-refractivity contribution in [3.63, 3.8) is 0 Å². The van der Waals surface area contributed by atoms with Gasteiger partial charge in [-0.1, -0.05) is 0 Å². The standard InChI is InChI=1S/C17H24O6/c1-16(9-5-3-7-12(16)18)22-14(20)11-15(21)23-17(2)10-6-4-8-13(17)19/h3-11H2,1-2H3. The molecule has 0 spiro atoms. The predicted octanol–water partition coefficient (Wildman–Crippen LogP) is 2.27. The van der Waals surface area contributed by atoms with Gasteiger partial charge in [-0.25, -0.2) is 0 Å². The molecule has 0 saturated heterocycles. The second-order valence-corrected chi connectivity index (χ2v) is 6.85. The van der Waals surface area contributed by atoms with Crippen LogP contribution in [-0.2, 0) is 28.7 Å². The minimum absolute atomic E-state index is 0.111. The lowest BCUT2D eigenvalue weighted by molar-refractivity contribution is -0.178. The average molecular weight is 324 g/mol. The maximum atomic E-state index is 11.9. The summed E-state index contributed by atoms with van der Waals surface area (Å²) in [5.74, 6) is -1.78. The summed E-state index contributed by atoms with van der Waals surface area (Å²) in [7, 11) is 0. The molecule has 128 valence electrons. The fourth-order valence-corrected chi connectivity index (χ4v) is 3.21. The first-order valence-electron chi connectivity index (χ1n) is 8.25. The fourth-order valence-electron chi connectivity index (χ4n) is 3.21. The summed E-state index contributed by atoms with van der Waals surface area (Å²) in [4.78, 5) is 47.7. The third kappa shape index (κ3) is 4.18. The largest absolute Gasteiger partial charge is 0.451 e. The van der Waals surface area contributed by atoms with Crippen molar-refractivity contribution >= 4 is 23.5 Å². The van der Waals surface area contributed by atoms with Crippen LogP contribution in [0.2, 0.25) is 0 Å². The van der Waals surface area contributed by atoms with E-state index in [9.17, 15) is 19.2 Å². The predicted molar refractivity (Wildman–Crippen MR) is 80.6 cm³/mol. The molecule has 6 nitrogen and oxygen atoms in total. The third-order valence-electron chi connectivity index (χ3n) is 4.76. The van der Waals surface area contributed by atoms with Crippen LogP contribution in [0.3, 0.4) is 0 Å². The zero-order chi connectivity index (χ0) is 17.1. The highest BCUT2D eigenvalue weighted by Gasteiger charge is 2.41. The third-order valence-corrected chi connectivity index (χ3v) is 4.76. The lowest BCUT2D eigenvalue weighted by Gasteiger charge is -2.32. The molecule has 0 aromatic rings. The smallest absolute Gasteiger partial charge is 0.318 e. The van der Waals surface area contributed by atoms with E-state index in [1.807, 2.05) is 0 Å².